The van der Waals surface area contributed by atoms with Crippen LogP contribution in [0.3, 0.4) is 0 Å². The summed E-state index contributed by atoms with van der Waals surface area (Å²) in [5.74, 6) is -1.06. The monoisotopic (exact) mass is 379 g/mol. The summed E-state index contributed by atoms with van der Waals surface area (Å²) >= 11 is 12.5. The van der Waals surface area contributed by atoms with Gasteiger partial charge in [0.2, 0.25) is 0 Å². The highest BCUT2D eigenvalue weighted by Gasteiger charge is 2.33. The van der Waals surface area contributed by atoms with E-state index in [0.29, 0.717) is 27.4 Å². The molecule has 0 unspecified atom stereocenters. The second-order valence-electron chi connectivity index (χ2n) is 5.91. The van der Waals surface area contributed by atoms with Crippen molar-refractivity contribution in [3.8, 4) is 11.1 Å². The summed E-state index contributed by atoms with van der Waals surface area (Å²) in [6, 6.07) is 5.11. The van der Waals surface area contributed by atoms with Gasteiger partial charge in [-0.25, -0.2) is 14.6 Å². The Morgan fingerprint density at radius 1 is 1.32 bits per heavy atom. The molecular formula is C18H15Cl2NO4. The zero-order valence-electron chi connectivity index (χ0n) is 13.9. The molecule has 0 atom stereocenters. The van der Waals surface area contributed by atoms with Crippen molar-refractivity contribution in [3.05, 3.63) is 50.8 Å². The average molecular weight is 380 g/mol. The summed E-state index contributed by atoms with van der Waals surface area (Å²) in [7, 11) is 0. The molecule has 2 heterocycles. The van der Waals surface area contributed by atoms with Crippen LogP contribution in [0.25, 0.3) is 11.1 Å². The van der Waals surface area contributed by atoms with E-state index in [1.54, 1.807) is 39.0 Å². The summed E-state index contributed by atoms with van der Waals surface area (Å²) in [5.41, 5.74) is 2.33. The third-order valence-corrected chi connectivity index (χ3v) is 4.61. The number of esters is 2. The second-order valence-corrected chi connectivity index (χ2v) is 6.69. The highest BCUT2D eigenvalue weighted by Crippen LogP contribution is 2.41. The number of fused-ring (bicyclic) bond motifs is 1. The first-order valence-corrected chi connectivity index (χ1v) is 8.42. The normalized spacial score (nSPS) is 13.0. The molecule has 7 heteroatoms. The molecule has 0 bridgehead atoms. The van der Waals surface area contributed by atoms with Crippen molar-refractivity contribution in [1.29, 1.82) is 0 Å². The van der Waals surface area contributed by atoms with Gasteiger partial charge in [-0.2, -0.15) is 0 Å². The summed E-state index contributed by atoms with van der Waals surface area (Å²) in [4.78, 5) is 28.9. The summed E-state index contributed by atoms with van der Waals surface area (Å²) in [6.45, 7) is 5.17. The first-order valence-electron chi connectivity index (χ1n) is 7.67. The lowest BCUT2D eigenvalue weighted by Crippen LogP contribution is -2.17. The van der Waals surface area contributed by atoms with Gasteiger partial charge in [0.25, 0.3) is 0 Å². The van der Waals surface area contributed by atoms with Crippen LogP contribution in [0.15, 0.2) is 18.2 Å². The maximum absolute atomic E-state index is 12.7. The van der Waals surface area contributed by atoms with E-state index in [1.807, 2.05) is 0 Å². The van der Waals surface area contributed by atoms with Gasteiger partial charge in [-0.15, -0.1) is 0 Å². The van der Waals surface area contributed by atoms with Gasteiger partial charge in [0.1, 0.15) is 6.61 Å². The molecule has 0 fully saturated rings. The Balaban J connectivity index is 2.34. The summed E-state index contributed by atoms with van der Waals surface area (Å²) in [6.07, 6.45) is -0.305. The molecule has 1 aliphatic rings. The Morgan fingerprint density at radius 3 is 2.72 bits per heavy atom. The molecule has 0 saturated heterocycles. The molecule has 1 aliphatic heterocycles. The molecule has 130 valence electrons. The van der Waals surface area contributed by atoms with Crippen molar-refractivity contribution in [1.82, 2.24) is 4.98 Å². The first-order chi connectivity index (χ1) is 11.8. The van der Waals surface area contributed by atoms with Crippen molar-refractivity contribution >= 4 is 35.1 Å². The number of carbonyl (C=O) groups excluding carboxylic acids is 2. The number of pyridine rings is 1. The van der Waals surface area contributed by atoms with Gasteiger partial charge in [-0.1, -0.05) is 35.3 Å². The Hall–Kier alpha value is -2.11. The zero-order chi connectivity index (χ0) is 18.3. The van der Waals surface area contributed by atoms with Crippen LogP contribution < -0.4 is 0 Å². The Labute approximate surface area is 154 Å². The minimum atomic E-state index is -0.534. The van der Waals surface area contributed by atoms with Crippen molar-refractivity contribution in [2.75, 3.05) is 0 Å². The number of rotatable bonds is 3. The first kappa shape index (κ1) is 17.7. The fourth-order valence-corrected chi connectivity index (χ4v) is 3.17. The molecule has 0 amide bonds. The molecule has 0 aliphatic carbocycles. The number of aromatic nitrogens is 1. The van der Waals surface area contributed by atoms with Crippen molar-refractivity contribution in [2.45, 2.75) is 33.5 Å². The molecule has 2 aromatic rings. The number of cyclic esters (lactones) is 1. The van der Waals surface area contributed by atoms with E-state index in [1.165, 1.54) is 0 Å². The van der Waals surface area contributed by atoms with Crippen LogP contribution in [-0.4, -0.2) is 23.0 Å². The number of carbonyl (C=O) groups is 2. The van der Waals surface area contributed by atoms with E-state index < -0.39 is 11.9 Å². The number of ether oxygens (including phenoxy) is 2. The second kappa shape index (κ2) is 6.65. The van der Waals surface area contributed by atoms with E-state index in [9.17, 15) is 9.59 Å². The fourth-order valence-electron chi connectivity index (χ4n) is 2.77. The summed E-state index contributed by atoms with van der Waals surface area (Å²) in [5, 5.41) is 0.630. The molecule has 0 spiro atoms. The maximum Gasteiger partial charge on any atom is 0.357 e. The molecule has 25 heavy (non-hydrogen) atoms. The van der Waals surface area contributed by atoms with E-state index in [0.717, 1.165) is 0 Å². The number of hydrogen-bond acceptors (Lipinski definition) is 5. The van der Waals surface area contributed by atoms with Crippen LogP contribution in [0.4, 0.5) is 0 Å². The largest absolute Gasteiger partial charge is 0.459 e. The molecule has 5 nitrogen and oxygen atoms in total. The third kappa shape index (κ3) is 3.10. The number of aryl methyl sites for hydroxylation is 1. The highest BCUT2D eigenvalue weighted by molar-refractivity contribution is 6.43. The van der Waals surface area contributed by atoms with Crippen molar-refractivity contribution in [3.63, 3.8) is 0 Å². The Kier molecular flexibility index (Phi) is 4.71. The van der Waals surface area contributed by atoms with Crippen molar-refractivity contribution < 1.29 is 19.1 Å². The molecule has 0 radical (unpaired) electrons. The fraction of sp³-hybridized carbons (Fsp3) is 0.278. The minimum Gasteiger partial charge on any atom is -0.459 e. The third-order valence-electron chi connectivity index (χ3n) is 3.79. The van der Waals surface area contributed by atoms with Gasteiger partial charge in [0.15, 0.2) is 5.69 Å². The van der Waals surface area contributed by atoms with Gasteiger partial charge in [0, 0.05) is 16.7 Å². The standard InChI is InChI=1S/C18H15Cl2NO4/c1-8(2)25-17(22)13-9(3)21-16-11(7-24-18(16)23)14(13)10-5-4-6-12(19)15(10)20/h4-6,8H,7H2,1-3H3. The van der Waals surface area contributed by atoms with Crippen LogP contribution in [0.2, 0.25) is 10.0 Å². The highest BCUT2D eigenvalue weighted by atomic mass is 35.5. The van der Waals surface area contributed by atoms with Gasteiger partial charge < -0.3 is 9.47 Å². The van der Waals surface area contributed by atoms with Gasteiger partial charge in [-0.3, -0.25) is 0 Å². The van der Waals surface area contributed by atoms with Gasteiger partial charge in [0.05, 0.1) is 27.4 Å². The summed E-state index contributed by atoms with van der Waals surface area (Å²) < 4.78 is 10.5. The van der Waals surface area contributed by atoms with E-state index in [2.05, 4.69) is 4.98 Å². The minimum absolute atomic E-state index is 0.0155. The topological polar surface area (TPSA) is 65.5 Å². The number of nitrogens with zero attached hydrogens (tertiary/aromatic N) is 1. The van der Waals surface area contributed by atoms with Gasteiger partial charge >= 0.3 is 11.9 Å². The predicted molar refractivity (Wildman–Crippen MR) is 94.1 cm³/mol. The number of benzene rings is 1. The van der Waals surface area contributed by atoms with Crippen LogP contribution in [0.1, 0.15) is 46.0 Å². The van der Waals surface area contributed by atoms with E-state index in [-0.39, 0.29) is 29.0 Å². The molecule has 1 aromatic carbocycles. The van der Waals surface area contributed by atoms with Crippen LogP contribution in [0.5, 0.6) is 0 Å². The molecule has 1 aromatic heterocycles. The van der Waals surface area contributed by atoms with Crippen LogP contribution in [-0.2, 0) is 16.1 Å². The molecular weight excluding hydrogens is 365 g/mol. The molecule has 3 rings (SSSR count). The lowest BCUT2D eigenvalue weighted by Gasteiger charge is -2.17. The van der Waals surface area contributed by atoms with Crippen LogP contribution in [0, 0.1) is 6.92 Å². The maximum atomic E-state index is 12.7. The number of hydrogen-bond donors (Lipinski definition) is 0. The molecule has 0 saturated carbocycles. The Morgan fingerprint density at radius 2 is 2.04 bits per heavy atom. The van der Waals surface area contributed by atoms with Gasteiger partial charge in [-0.05, 0) is 26.8 Å². The predicted octanol–water partition coefficient (Wildman–Crippen LogP) is 4.60. The molecule has 0 N–H and O–H groups in total. The smallest absolute Gasteiger partial charge is 0.357 e. The van der Waals surface area contributed by atoms with Crippen LogP contribution >= 0.6 is 23.2 Å². The van der Waals surface area contributed by atoms with E-state index in [4.69, 9.17) is 32.7 Å². The quantitative estimate of drug-likeness (QED) is 0.729. The number of halogens is 2. The lowest BCUT2D eigenvalue weighted by molar-refractivity contribution is 0.0377. The van der Waals surface area contributed by atoms with E-state index >= 15 is 0 Å². The zero-order valence-corrected chi connectivity index (χ0v) is 15.4. The average Bonchev–Trinajstić information content (AvgIpc) is 2.89. The lowest BCUT2D eigenvalue weighted by atomic mass is 9.93. The van der Waals surface area contributed by atoms with Crippen molar-refractivity contribution in [2.24, 2.45) is 0 Å². The SMILES string of the molecule is Cc1nc2c(c(-c3cccc(Cl)c3Cl)c1C(=O)OC(C)C)COC2=O. The Bertz CT molecular complexity index is 893.